The second-order valence-corrected chi connectivity index (χ2v) is 14.2. The van der Waals surface area contributed by atoms with Gasteiger partial charge in [0.2, 0.25) is 11.8 Å². The van der Waals surface area contributed by atoms with Crippen LogP contribution in [0.2, 0.25) is 5.02 Å². The Bertz CT molecular complexity index is 2250. The van der Waals surface area contributed by atoms with Gasteiger partial charge in [-0.25, -0.2) is 9.29 Å². The summed E-state index contributed by atoms with van der Waals surface area (Å²) in [5, 5.41) is 22.7. The first-order chi connectivity index (χ1) is 26.1. The lowest BCUT2D eigenvalue weighted by Gasteiger charge is -2.50. The molecule has 12 nitrogen and oxygen atoms in total. The molecule has 2 heterocycles. The lowest BCUT2D eigenvalue weighted by Crippen LogP contribution is -2.53. The molecule has 14 heteroatoms. The van der Waals surface area contributed by atoms with Gasteiger partial charge in [-0.2, -0.15) is 5.01 Å². The van der Waals surface area contributed by atoms with Crippen LogP contribution >= 0.6 is 11.6 Å². The molecule has 2 N–H and O–H groups in total. The number of carbonyl (C=O) groups is 4. The van der Waals surface area contributed by atoms with Gasteiger partial charge in [0.25, 0.3) is 17.5 Å². The Balaban J connectivity index is 1.32. The second-order valence-electron chi connectivity index (χ2n) is 13.8. The molecule has 8 rings (SSSR count). The van der Waals surface area contributed by atoms with Crippen molar-refractivity contribution in [2.24, 2.45) is 23.7 Å². The topological polar surface area (TPSA) is 159 Å². The van der Waals surface area contributed by atoms with Crippen molar-refractivity contribution in [2.45, 2.75) is 24.2 Å². The molecule has 0 spiro atoms. The fraction of sp³-hybridized carbons (Fsp3) is 0.250. The molecule has 6 atom stereocenters. The number of nitro groups is 1. The molecule has 2 aliphatic carbocycles. The van der Waals surface area contributed by atoms with Crippen LogP contribution in [0, 0.1) is 39.6 Å². The number of nitro benzene ring substituents is 1. The van der Waals surface area contributed by atoms with Crippen LogP contribution in [0.15, 0.2) is 109 Å². The van der Waals surface area contributed by atoms with E-state index in [0.717, 1.165) is 9.91 Å². The average molecular weight is 751 g/mol. The number of nitrogens with zero attached hydrogens (tertiary/aromatic N) is 3. The van der Waals surface area contributed by atoms with Gasteiger partial charge in [-0.1, -0.05) is 59.6 Å². The van der Waals surface area contributed by atoms with E-state index >= 15 is 4.79 Å². The van der Waals surface area contributed by atoms with Crippen LogP contribution in [0.25, 0.3) is 0 Å². The van der Waals surface area contributed by atoms with Crippen LogP contribution in [0.3, 0.4) is 0 Å². The molecule has 4 aromatic rings. The van der Waals surface area contributed by atoms with Gasteiger partial charge in [-0.3, -0.25) is 34.7 Å². The first kappa shape index (κ1) is 35.1. The van der Waals surface area contributed by atoms with Gasteiger partial charge in [0.05, 0.1) is 46.1 Å². The number of non-ortho nitro benzene ring substituents is 1. The van der Waals surface area contributed by atoms with Crippen molar-refractivity contribution >= 4 is 52.3 Å². The van der Waals surface area contributed by atoms with Crippen molar-refractivity contribution in [3.8, 4) is 5.75 Å². The Morgan fingerprint density at radius 1 is 0.926 bits per heavy atom. The minimum absolute atomic E-state index is 0.000239. The molecule has 1 saturated carbocycles. The van der Waals surface area contributed by atoms with Crippen LogP contribution in [0.4, 0.5) is 21.5 Å². The third kappa shape index (κ3) is 5.37. The maximum absolute atomic E-state index is 15.3. The minimum atomic E-state index is -1.63. The Morgan fingerprint density at radius 3 is 2.39 bits per heavy atom. The number of rotatable bonds is 9. The Morgan fingerprint density at radius 2 is 1.67 bits per heavy atom. The molecular weight excluding hydrogens is 719 g/mol. The summed E-state index contributed by atoms with van der Waals surface area (Å²) in [6.07, 6.45) is 2.01. The number of hydrazine groups is 1. The molecule has 54 heavy (non-hydrogen) atoms. The van der Waals surface area contributed by atoms with Gasteiger partial charge in [0.15, 0.2) is 0 Å². The summed E-state index contributed by atoms with van der Waals surface area (Å²) in [6, 6.07) is 24.2. The number of halogens is 2. The minimum Gasteiger partial charge on any atom is -0.491 e. The highest BCUT2D eigenvalue weighted by Crippen LogP contribution is 2.65. The van der Waals surface area contributed by atoms with E-state index < -0.39 is 69.4 Å². The number of amides is 4. The molecular formula is C40H32ClFN4O8. The number of aliphatic hydroxyl groups is 1. The van der Waals surface area contributed by atoms with Crippen molar-refractivity contribution in [3.63, 3.8) is 0 Å². The zero-order valence-electron chi connectivity index (χ0n) is 28.4. The Kier molecular flexibility index (Phi) is 8.78. The van der Waals surface area contributed by atoms with E-state index in [-0.39, 0.29) is 43.1 Å². The number of anilines is 2. The average Bonchev–Trinajstić information content (AvgIpc) is 3.56. The van der Waals surface area contributed by atoms with Crippen LogP contribution in [-0.4, -0.2) is 51.9 Å². The summed E-state index contributed by atoms with van der Waals surface area (Å²) >= 11 is 6.36. The first-order valence-electron chi connectivity index (χ1n) is 17.4. The molecule has 4 aromatic carbocycles. The summed E-state index contributed by atoms with van der Waals surface area (Å²) in [7, 11) is 0. The molecule has 0 radical (unpaired) electrons. The van der Waals surface area contributed by atoms with Crippen molar-refractivity contribution in [2.75, 3.05) is 23.5 Å². The Labute approximate surface area is 312 Å². The number of aliphatic hydroxyl groups excluding tert-OH is 1. The van der Waals surface area contributed by atoms with E-state index in [0.29, 0.717) is 27.5 Å². The summed E-state index contributed by atoms with van der Waals surface area (Å²) < 4.78 is 19.9. The number of allylic oxidation sites excluding steroid dienone is 2. The molecule has 0 aromatic heterocycles. The number of imide groups is 2. The predicted octanol–water partition coefficient (Wildman–Crippen LogP) is 5.95. The highest BCUT2D eigenvalue weighted by molar-refractivity contribution is 6.30. The Hall–Kier alpha value is -5.92. The van der Waals surface area contributed by atoms with E-state index in [4.69, 9.17) is 16.3 Å². The molecule has 4 aliphatic rings. The molecule has 2 saturated heterocycles. The summed E-state index contributed by atoms with van der Waals surface area (Å²) in [5.74, 6) is -6.91. The highest BCUT2D eigenvalue weighted by atomic mass is 35.5. The molecule has 4 amide bonds. The molecule has 3 fully saturated rings. The lowest BCUT2D eigenvalue weighted by atomic mass is 9.49. The lowest BCUT2D eigenvalue weighted by molar-refractivity contribution is -0.384. The fourth-order valence-electron chi connectivity index (χ4n) is 9.01. The summed E-state index contributed by atoms with van der Waals surface area (Å²) in [5.41, 5.74) is 3.02. The molecule has 2 aliphatic heterocycles. The number of ether oxygens (including phenoxy) is 1. The smallest absolute Gasteiger partial charge is 0.271 e. The number of fused-ring (bicyclic) bond motifs is 4. The van der Waals surface area contributed by atoms with Crippen LogP contribution in [0.1, 0.15) is 29.9 Å². The number of carbonyl (C=O) groups excluding carboxylic acids is 4. The summed E-state index contributed by atoms with van der Waals surface area (Å²) in [6.45, 7) is -0.361. The molecule has 0 bridgehead atoms. The van der Waals surface area contributed by atoms with Crippen LogP contribution in [0.5, 0.6) is 5.75 Å². The monoisotopic (exact) mass is 750 g/mol. The van der Waals surface area contributed by atoms with Crippen molar-refractivity contribution in [1.29, 1.82) is 0 Å². The second kappa shape index (κ2) is 13.5. The van der Waals surface area contributed by atoms with Crippen LogP contribution in [-0.2, 0) is 24.6 Å². The van der Waals surface area contributed by atoms with Gasteiger partial charge in [0.1, 0.15) is 18.2 Å². The standard InChI is InChI=1S/C40H32ClFN4O8/c41-23-10-8-22(9-11-23)40-32(37(49)45(39(40)51)43-25-14-12-24(42)13-15-25)21-31-28(35(40)29-6-1-2-7-33(29)54-19-18-47)16-17-30-34(31)38(50)44(36(30)48)26-4-3-5-27(20-26)46(52)53/h1-16,20,30-32,34-35,43,47H,17-19,21H2. The number of nitrogens with one attached hydrogen (secondary N) is 1. The zero-order chi connectivity index (χ0) is 37.9. The van der Waals surface area contributed by atoms with Gasteiger partial charge in [-0.05, 0) is 72.9 Å². The number of hydrogen-bond acceptors (Lipinski definition) is 9. The van der Waals surface area contributed by atoms with E-state index in [1.807, 2.05) is 6.08 Å². The number of hydrogen-bond donors (Lipinski definition) is 2. The van der Waals surface area contributed by atoms with Crippen molar-refractivity contribution in [3.05, 3.63) is 141 Å². The van der Waals surface area contributed by atoms with Gasteiger partial charge in [0, 0.05) is 28.6 Å². The largest absolute Gasteiger partial charge is 0.491 e. The first-order valence-corrected chi connectivity index (χ1v) is 17.8. The summed E-state index contributed by atoms with van der Waals surface area (Å²) in [4.78, 5) is 70.7. The van der Waals surface area contributed by atoms with Gasteiger partial charge in [-0.15, -0.1) is 0 Å². The zero-order valence-corrected chi connectivity index (χ0v) is 29.2. The quantitative estimate of drug-likeness (QED) is 0.0913. The van der Waals surface area contributed by atoms with E-state index in [1.165, 1.54) is 48.5 Å². The van der Waals surface area contributed by atoms with Crippen molar-refractivity contribution < 1.29 is 38.3 Å². The third-order valence-electron chi connectivity index (χ3n) is 11.1. The SMILES string of the molecule is O=C1C2CC3C(=CCC4C(=O)N(c5cccc([N+](=O)[O-])c5)C(=O)C43)C(c3ccccc3OCCO)C2(c2ccc(Cl)cc2)C(=O)N1Nc1ccc(F)cc1. The van der Waals surface area contributed by atoms with E-state index in [9.17, 15) is 34.0 Å². The van der Waals surface area contributed by atoms with Crippen LogP contribution < -0.4 is 15.1 Å². The highest BCUT2D eigenvalue weighted by Gasteiger charge is 2.70. The van der Waals surface area contributed by atoms with E-state index in [2.05, 4.69) is 5.43 Å². The molecule has 274 valence electrons. The maximum atomic E-state index is 15.3. The van der Waals surface area contributed by atoms with Gasteiger partial charge < -0.3 is 9.84 Å². The number of para-hydroxylation sites is 1. The van der Waals surface area contributed by atoms with Gasteiger partial charge >= 0.3 is 0 Å². The number of benzene rings is 4. The third-order valence-corrected chi connectivity index (χ3v) is 11.4. The normalized spacial score (nSPS) is 25.9. The maximum Gasteiger partial charge on any atom is 0.271 e. The van der Waals surface area contributed by atoms with E-state index in [1.54, 1.807) is 48.5 Å². The van der Waals surface area contributed by atoms with Crippen molar-refractivity contribution in [1.82, 2.24) is 5.01 Å². The molecule has 6 unspecified atom stereocenters. The fourth-order valence-corrected chi connectivity index (χ4v) is 9.13. The predicted molar refractivity (Wildman–Crippen MR) is 194 cm³/mol.